The number of nitrogens with zero attached hydrogens (tertiary/aromatic N) is 1. The number of rotatable bonds is 5. The van der Waals surface area contributed by atoms with E-state index < -0.39 is 0 Å². The summed E-state index contributed by atoms with van der Waals surface area (Å²) in [5, 5.41) is 1.19. The summed E-state index contributed by atoms with van der Waals surface area (Å²) in [5.74, 6) is 0. The Morgan fingerprint density at radius 2 is 1.84 bits per heavy atom. The summed E-state index contributed by atoms with van der Waals surface area (Å²) in [5.41, 5.74) is 7.34. The number of hydrogen-bond acceptors (Lipinski definition) is 3. The largest absolute Gasteiger partial charge is 0.323 e. The summed E-state index contributed by atoms with van der Waals surface area (Å²) in [7, 11) is 0. The third kappa shape index (κ3) is 2.58. The van der Waals surface area contributed by atoms with Crippen LogP contribution in [0.5, 0.6) is 0 Å². The van der Waals surface area contributed by atoms with Gasteiger partial charge in [0.05, 0.1) is 0 Å². The van der Waals surface area contributed by atoms with Crippen molar-refractivity contribution < 1.29 is 0 Å². The van der Waals surface area contributed by atoms with Crippen LogP contribution in [0.15, 0.2) is 36.5 Å². The maximum absolute atomic E-state index is 5.96. The fourth-order valence-corrected chi connectivity index (χ4v) is 3.78. The highest BCUT2D eigenvalue weighted by Crippen LogP contribution is 2.41. The van der Waals surface area contributed by atoms with E-state index in [-0.39, 0.29) is 11.5 Å². The highest BCUT2D eigenvalue weighted by molar-refractivity contribution is 7.11. The van der Waals surface area contributed by atoms with Gasteiger partial charge < -0.3 is 5.73 Å². The van der Waals surface area contributed by atoms with Crippen molar-refractivity contribution in [3.05, 3.63) is 52.0 Å². The minimum atomic E-state index is 0.0269. The highest BCUT2D eigenvalue weighted by Gasteiger charge is 2.33. The summed E-state index contributed by atoms with van der Waals surface area (Å²) in [4.78, 5) is 5.83. The number of aromatic nitrogens is 1. The predicted octanol–water partition coefficient (Wildman–Crippen LogP) is 4.27. The number of hydrogen-bond donors (Lipinski definition) is 1. The van der Waals surface area contributed by atoms with Crippen molar-refractivity contribution in [2.24, 2.45) is 5.73 Å². The molecule has 1 aromatic heterocycles. The SMILES string of the molecule is CCC(CC)(c1ccccc1)c1ncc(C(C)N)s1. The smallest absolute Gasteiger partial charge is 0.103 e. The van der Waals surface area contributed by atoms with Gasteiger partial charge in [-0.2, -0.15) is 0 Å². The first-order valence-corrected chi connectivity index (χ1v) is 7.73. The second-order valence-electron chi connectivity index (χ2n) is 5.01. The molecule has 19 heavy (non-hydrogen) atoms. The van der Waals surface area contributed by atoms with Gasteiger partial charge in [0.15, 0.2) is 0 Å². The predicted molar refractivity (Wildman–Crippen MR) is 82.5 cm³/mol. The molecular formula is C16H22N2S. The highest BCUT2D eigenvalue weighted by atomic mass is 32.1. The maximum atomic E-state index is 5.96. The van der Waals surface area contributed by atoms with Crippen molar-refractivity contribution in [2.45, 2.75) is 45.1 Å². The van der Waals surface area contributed by atoms with Crippen LogP contribution in [0.2, 0.25) is 0 Å². The molecule has 0 aliphatic rings. The standard InChI is InChI=1S/C16H22N2S/c1-4-16(5-2,13-9-7-6-8-10-13)15-18-11-14(19-15)12(3)17/h6-12H,4-5,17H2,1-3H3. The second kappa shape index (κ2) is 5.85. The van der Waals surface area contributed by atoms with Crippen molar-refractivity contribution in [1.82, 2.24) is 4.98 Å². The van der Waals surface area contributed by atoms with Gasteiger partial charge in [-0.1, -0.05) is 44.2 Å². The minimum absolute atomic E-state index is 0.0269. The average Bonchev–Trinajstić information content (AvgIpc) is 2.93. The molecular weight excluding hydrogens is 252 g/mol. The molecule has 0 amide bonds. The van der Waals surface area contributed by atoms with Gasteiger partial charge in [-0.05, 0) is 25.3 Å². The van der Waals surface area contributed by atoms with Gasteiger partial charge >= 0.3 is 0 Å². The summed E-state index contributed by atoms with van der Waals surface area (Å²) >= 11 is 1.76. The van der Waals surface area contributed by atoms with Crippen LogP contribution < -0.4 is 5.73 Å². The van der Waals surface area contributed by atoms with Gasteiger partial charge in [0.25, 0.3) is 0 Å². The Morgan fingerprint density at radius 3 is 2.32 bits per heavy atom. The van der Waals surface area contributed by atoms with Crippen LogP contribution in [0.4, 0.5) is 0 Å². The first-order chi connectivity index (χ1) is 9.14. The number of thiazole rings is 1. The topological polar surface area (TPSA) is 38.9 Å². The second-order valence-corrected chi connectivity index (χ2v) is 6.07. The molecule has 0 radical (unpaired) electrons. The Bertz CT molecular complexity index is 513. The van der Waals surface area contributed by atoms with Gasteiger partial charge in [0.1, 0.15) is 5.01 Å². The molecule has 0 spiro atoms. The van der Waals surface area contributed by atoms with Gasteiger partial charge in [-0.3, -0.25) is 0 Å². The summed E-state index contributed by atoms with van der Waals surface area (Å²) in [6, 6.07) is 10.8. The molecule has 0 saturated carbocycles. The van der Waals surface area contributed by atoms with Crippen LogP contribution in [0.25, 0.3) is 0 Å². The van der Waals surface area contributed by atoms with E-state index in [1.54, 1.807) is 11.3 Å². The summed E-state index contributed by atoms with van der Waals surface area (Å²) in [6.07, 6.45) is 4.05. The van der Waals surface area contributed by atoms with E-state index in [1.807, 2.05) is 13.1 Å². The Labute approximate surface area is 119 Å². The van der Waals surface area contributed by atoms with Crippen LogP contribution in [0, 0.1) is 0 Å². The zero-order valence-corrected chi connectivity index (χ0v) is 12.7. The molecule has 0 fully saturated rings. The molecule has 1 heterocycles. The first kappa shape index (κ1) is 14.2. The van der Waals surface area contributed by atoms with E-state index in [0.717, 1.165) is 17.7 Å². The molecule has 0 bridgehead atoms. The fourth-order valence-electron chi connectivity index (χ4n) is 2.56. The Balaban J connectivity index is 2.49. The van der Waals surface area contributed by atoms with Crippen molar-refractivity contribution in [2.75, 3.05) is 0 Å². The molecule has 2 rings (SSSR count). The third-order valence-corrected chi connectivity index (χ3v) is 5.32. The Kier molecular flexibility index (Phi) is 4.38. The normalized spacial score (nSPS) is 13.5. The lowest BCUT2D eigenvalue weighted by Crippen LogP contribution is -2.25. The van der Waals surface area contributed by atoms with Crippen molar-refractivity contribution in [3.8, 4) is 0 Å². The van der Waals surface area contributed by atoms with Crippen LogP contribution in [0.3, 0.4) is 0 Å². The zero-order valence-electron chi connectivity index (χ0n) is 11.9. The maximum Gasteiger partial charge on any atom is 0.103 e. The van der Waals surface area contributed by atoms with Crippen LogP contribution in [0.1, 0.15) is 55.1 Å². The Morgan fingerprint density at radius 1 is 1.21 bits per heavy atom. The fraction of sp³-hybridized carbons (Fsp3) is 0.438. The van der Waals surface area contributed by atoms with E-state index in [4.69, 9.17) is 5.73 Å². The molecule has 1 aromatic carbocycles. The lowest BCUT2D eigenvalue weighted by Gasteiger charge is -2.30. The lowest BCUT2D eigenvalue weighted by atomic mass is 9.76. The van der Waals surface area contributed by atoms with E-state index in [9.17, 15) is 0 Å². The van der Waals surface area contributed by atoms with Gasteiger partial charge in [-0.25, -0.2) is 4.98 Å². The lowest BCUT2D eigenvalue weighted by molar-refractivity contribution is 0.475. The van der Waals surface area contributed by atoms with Gasteiger partial charge in [0, 0.05) is 22.5 Å². The summed E-state index contributed by atoms with van der Waals surface area (Å²) < 4.78 is 0. The molecule has 0 saturated heterocycles. The van der Waals surface area contributed by atoms with Crippen LogP contribution in [-0.2, 0) is 5.41 Å². The minimum Gasteiger partial charge on any atom is -0.323 e. The van der Waals surface area contributed by atoms with Gasteiger partial charge in [0.2, 0.25) is 0 Å². The third-order valence-electron chi connectivity index (χ3n) is 3.92. The van der Waals surface area contributed by atoms with E-state index in [1.165, 1.54) is 10.6 Å². The van der Waals surface area contributed by atoms with Crippen molar-refractivity contribution in [3.63, 3.8) is 0 Å². The quantitative estimate of drug-likeness (QED) is 0.884. The molecule has 102 valence electrons. The van der Waals surface area contributed by atoms with Crippen LogP contribution >= 0.6 is 11.3 Å². The first-order valence-electron chi connectivity index (χ1n) is 6.91. The average molecular weight is 274 g/mol. The molecule has 0 aliphatic heterocycles. The van der Waals surface area contributed by atoms with E-state index in [2.05, 4.69) is 49.2 Å². The van der Waals surface area contributed by atoms with E-state index in [0.29, 0.717) is 0 Å². The molecule has 2 aromatic rings. The molecule has 0 aliphatic carbocycles. The molecule has 3 heteroatoms. The molecule has 2 nitrogen and oxygen atoms in total. The Hall–Kier alpha value is -1.19. The summed E-state index contributed by atoms with van der Waals surface area (Å²) in [6.45, 7) is 6.49. The molecule has 2 N–H and O–H groups in total. The van der Waals surface area contributed by atoms with E-state index >= 15 is 0 Å². The zero-order chi connectivity index (χ0) is 13.9. The molecule has 1 unspecified atom stereocenters. The number of nitrogens with two attached hydrogens (primary N) is 1. The van der Waals surface area contributed by atoms with Crippen LogP contribution in [-0.4, -0.2) is 4.98 Å². The monoisotopic (exact) mass is 274 g/mol. The van der Waals surface area contributed by atoms with Crippen molar-refractivity contribution >= 4 is 11.3 Å². The number of benzene rings is 1. The molecule has 1 atom stereocenters. The van der Waals surface area contributed by atoms with Gasteiger partial charge in [-0.15, -0.1) is 11.3 Å². The van der Waals surface area contributed by atoms with Crippen molar-refractivity contribution in [1.29, 1.82) is 0 Å².